The molecule has 1 saturated heterocycles. The van der Waals surface area contributed by atoms with Gasteiger partial charge in [0, 0.05) is 43.5 Å². The van der Waals surface area contributed by atoms with Gasteiger partial charge < -0.3 is 65.0 Å². The summed E-state index contributed by atoms with van der Waals surface area (Å²) in [5, 5.41) is 20.9. The molecule has 4 aliphatic heterocycles. The van der Waals surface area contributed by atoms with Gasteiger partial charge in [0.2, 0.25) is 11.8 Å². The van der Waals surface area contributed by atoms with Gasteiger partial charge in [0.25, 0.3) is 11.8 Å². The fraction of sp³-hybridized carbons (Fsp3) is 0.426. The van der Waals surface area contributed by atoms with Gasteiger partial charge in [-0.15, -0.1) is 0 Å². The molecule has 6 N–H and O–H groups in total. The van der Waals surface area contributed by atoms with E-state index >= 15 is 0 Å². The molecule has 4 aromatic carbocycles. The molecule has 73 heavy (non-hydrogen) atoms. The fourth-order valence-electron chi connectivity index (χ4n) is 9.84. The molecule has 19 heteroatoms. The standard InChI is InChI=1S/C54H63N7O12/c1-30(2)47(55)49(63)57-31(3)48(62)58-35-12-8-32(9-13-35)28-73-53(67)61-41-24-46(44(70-6)22-39(41)51(65)60-29-54(16-17-54)25-42(60)52(61)66)72-19-7-18-71-45-23-40-38(21-43(45)69-5)50(64)59-27-34(20-36(59)26-56-40)33-10-14-37(68-4)15-11-33/h8-15,21-24,27,30-31,36,42,47,52,56,66H,7,16-20,25-26,28-29,55H2,1-6H3,(H,57,63)(H,58,62)/t31-,36-,42-,47-,52?/m0/s1. The maximum Gasteiger partial charge on any atom is 0.416 e. The van der Waals surface area contributed by atoms with E-state index in [0.717, 1.165) is 34.6 Å². The van der Waals surface area contributed by atoms with Crippen molar-refractivity contribution in [2.24, 2.45) is 17.1 Å². The summed E-state index contributed by atoms with van der Waals surface area (Å²) in [6.45, 7) is 6.33. The number of hydrogen-bond acceptors (Lipinski definition) is 14. The summed E-state index contributed by atoms with van der Waals surface area (Å²) in [7, 11) is 4.61. The van der Waals surface area contributed by atoms with Crippen LogP contribution in [0.5, 0.6) is 28.7 Å². The van der Waals surface area contributed by atoms with Gasteiger partial charge in [0.15, 0.2) is 29.2 Å². The molecule has 1 aliphatic carbocycles. The van der Waals surface area contributed by atoms with Crippen LogP contribution in [0.15, 0.2) is 79.0 Å². The molecule has 0 radical (unpaired) electrons. The summed E-state index contributed by atoms with van der Waals surface area (Å²) in [6.07, 6.45) is 3.05. The van der Waals surface area contributed by atoms with E-state index in [-0.39, 0.29) is 71.8 Å². The summed E-state index contributed by atoms with van der Waals surface area (Å²) >= 11 is 0. The highest BCUT2D eigenvalue weighted by atomic mass is 16.6. The second kappa shape index (κ2) is 20.9. The number of hydrogen-bond donors (Lipinski definition) is 5. The number of ether oxygens (including phenoxy) is 6. The Labute approximate surface area is 423 Å². The van der Waals surface area contributed by atoms with Crippen molar-refractivity contribution in [1.82, 2.24) is 15.1 Å². The molecule has 5 aliphatic rings. The average Bonchev–Trinajstić information content (AvgIpc) is 3.90. The Morgan fingerprint density at radius 3 is 2.15 bits per heavy atom. The zero-order valence-corrected chi connectivity index (χ0v) is 41.9. The van der Waals surface area contributed by atoms with E-state index in [4.69, 9.17) is 34.2 Å². The largest absolute Gasteiger partial charge is 0.497 e. The number of nitrogens with one attached hydrogen (secondary N) is 3. The van der Waals surface area contributed by atoms with Crippen molar-refractivity contribution in [2.45, 2.75) is 89.9 Å². The SMILES string of the molecule is COc1ccc(C2=CN3C(=O)c4cc(OC)c(OCCCOc5cc6c(cc5OC)C(=O)N5CC7(CC7)C[C@H]5C(O)N6C(=O)OCc5ccc(NC(=O)[C@H](C)NC(=O)[C@@H](N)C(C)C)cc5)cc4NC[C@@H]3C2)cc1. The number of carbonyl (C=O) groups excluding carboxylic acids is 5. The number of nitrogens with zero attached hydrogens (tertiary/aromatic N) is 3. The zero-order valence-electron chi connectivity index (χ0n) is 41.9. The van der Waals surface area contributed by atoms with E-state index < -0.39 is 42.3 Å². The molecule has 19 nitrogen and oxygen atoms in total. The second-order valence-electron chi connectivity index (χ2n) is 19.7. The van der Waals surface area contributed by atoms with Gasteiger partial charge in [-0.05, 0) is 97.0 Å². The van der Waals surface area contributed by atoms with Gasteiger partial charge in [0.05, 0.1) is 75.2 Å². The quantitative estimate of drug-likeness (QED) is 0.0749. The maximum absolute atomic E-state index is 14.3. The molecule has 1 unspecified atom stereocenters. The van der Waals surface area contributed by atoms with E-state index in [2.05, 4.69) is 16.0 Å². The Morgan fingerprint density at radius 1 is 0.836 bits per heavy atom. The van der Waals surface area contributed by atoms with E-state index in [1.807, 2.05) is 44.3 Å². The smallest absolute Gasteiger partial charge is 0.416 e. The first-order chi connectivity index (χ1) is 35.1. The highest BCUT2D eigenvalue weighted by Crippen LogP contribution is 2.57. The van der Waals surface area contributed by atoms with Gasteiger partial charge >= 0.3 is 6.09 Å². The lowest BCUT2D eigenvalue weighted by Gasteiger charge is -2.31. The van der Waals surface area contributed by atoms with Crippen LogP contribution in [0.25, 0.3) is 5.57 Å². The minimum Gasteiger partial charge on any atom is -0.497 e. The lowest BCUT2D eigenvalue weighted by molar-refractivity contribution is -0.127. The Bertz CT molecular complexity index is 2800. The first-order valence-electron chi connectivity index (χ1n) is 24.6. The molecule has 4 heterocycles. The number of aliphatic hydroxyl groups is 1. The van der Waals surface area contributed by atoms with Crippen LogP contribution in [-0.4, -0.2) is 123 Å². The zero-order chi connectivity index (χ0) is 51.7. The Balaban J connectivity index is 0.856. The summed E-state index contributed by atoms with van der Waals surface area (Å²) in [5.41, 5.74) is 10.3. The Morgan fingerprint density at radius 2 is 1.51 bits per heavy atom. The molecule has 5 amide bonds. The van der Waals surface area contributed by atoms with Crippen molar-refractivity contribution < 1.29 is 57.5 Å². The lowest BCUT2D eigenvalue weighted by Crippen LogP contribution is -2.50. The second-order valence-corrected chi connectivity index (χ2v) is 19.7. The lowest BCUT2D eigenvalue weighted by atomic mass is 10.0. The van der Waals surface area contributed by atoms with E-state index in [0.29, 0.717) is 66.4 Å². The predicted octanol–water partition coefficient (Wildman–Crippen LogP) is 6.14. The topological polar surface area (TPSA) is 233 Å². The van der Waals surface area contributed by atoms with Crippen molar-refractivity contribution in [3.8, 4) is 28.7 Å². The summed E-state index contributed by atoms with van der Waals surface area (Å²) in [6, 6.07) is 18.6. The predicted molar refractivity (Wildman–Crippen MR) is 271 cm³/mol. The highest BCUT2D eigenvalue weighted by Gasteiger charge is 2.58. The van der Waals surface area contributed by atoms with Crippen molar-refractivity contribution in [3.63, 3.8) is 0 Å². The van der Waals surface area contributed by atoms with E-state index in [1.54, 1.807) is 60.2 Å². The van der Waals surface area contributed by atoms with Crippen molar-refractivity contribution in [2.75, 3.05) is 63.2 Å². The molecule has 0 bridgehead atoms. The number of carbonyl (C=O) groups is 5. The summed E-state index contributed by atoms with van der Waals surface area (Å²) in [4.78, 5) is 72.3. The number of methoxy groups -OCH3 is 3. The van der Waals surface area contributed by atoms with E-state index in [9.17, 15) is 29.1 Å². The third-order valence-electron chi connectivity index (χ3n) is 14.4. The molecule has 386 valence electrons. The number of fused-ring (bicyclic) bond motifs is 4. The number of rotatable bonds is 17. The third-order valence-corrected chi connectivity index (χ3v) is 14.4. The van der Waals surface area contributed by atoms with Crippen LogP contribution in [0.2, 0.25) is 0 Å². The maximum atomic E-state index is 14.3. The molecular formula is C54H63N7O12. The van der Waals surface area contributed by atoms with Crippen molar-refractivity contribution in [3.05, 3.63) is 101 Å². The number of amides is 5. The minimum absolute atomic E-state index is 0.0819. The number of nitrogens with two attached hydrogens (primary N) is 1. The Hall–Kier alpha value is -7.51. The van der Waals surface area contributed by atoms with Crippen LogP contribution >= 0.6 is 0 Å². The number of anilines is 3. The molecule has 0 aromatic heterocycles. The Kier molecular flexibility index (Phi) is 14.4. The molecule has 1 spiro atoms. The van der Waals surface area contributed by atoms with Crippen LogP contribution in [0.4, 0.5) is 21.9 Å². The summed E-state index contributed by atoms with van der Waals surface area (Å²) in [5.74, 6) is 0.637. The summed E-state index contributed by atoms with van der Waals surface area (Å²) < 4.78 is 35.0. The molecular weight excluding hydrogens is 939 g/mol. The van der Waals surface area contributed by atoms with Gasteiger partial charge in [-0.2, -0.15) is 0 Å². The third kappa shape index (κ3) is 10.4. The molecule has 4 aromatic rings. The van der Waals surface area contributed by atoms with Gasteiger partial charge in [-0.1, -0.05) is 38.1 Å². The molecule has 9 rings (SSSR count). The van der Waals surface area contributed by atoms with Gasteiger partial charge in [0.1, 0.15) is 18.4 Å². The van der Waals surface area contributed by atoms with E-state index in [1.165, 1.54) is 26.4 Å². The highest BCUT2D eigenvalue weighted by molar-refractivity contribution is 6.06. The van der Waals surface area contributed by atoms with Gasteiger partial charge in [-0.3, -0.25) is 19.2 Å². The number of benzene rings is 4. The number of aliphatic hydroxyl groups excluding tert-OH is 1. The first kappa shape index (κ1) is 50.4. The van der Waals surface area contributed by atoms with Crippen LogP contribution in [-0.2, 0) is 20.9 Å². The first-order valence-corrected chi connectivity index (χ1v) is 24.6. The average molecular weight is 1000 g/mol. The van der Waals surface area contributed by atoms with Crippen molar-refractivity contribution in [1.29, 1.82) is 0 Å². The normalized spacial score (nSPS) is 20.0. The van der Waals surface area contributed by atoms with Crippen LogP contribution in [0.1, 0.15) is 84.7 Å². The van der Waals surface area contributed by atoms with Crippen molar-refractivity contribution >= 4 is 52.4 Å². The fourth-order valence-corrected chi connectivity index (χ4v) is 9.84. The molecule has 1 saturated carbocycles. The molecule has 5 atom stereocenters. The van der Waals surface area contributed by atoms with Crippen LogP contribution in [0, 0.1) is 11.3 Å². The molecule has 2 fully saturated rings. The van der Waals surface area contributed by atoms with Crippen LogP contribution in [0.3, 0.4) is 0 Å². The van der Waals surface area contributed by atoms with Crippen LogP contribution < -0.4 is 50.3 Å². The minimum atomic E-state index is -1.44. The van der Waals surface area contributed by atoms with Gasteiger partial charge in [-0.25, -0.2) is 9.69 Å². The monoisotopic (exact) mass is 1000 g/mol.